The molecule has 154 valence electrons. The quantitative estimate of drug-likeness (QED) is 0.369. The Morgan fingerprint density at radius 3 is 2.67 bits per heavy atom. The van der Waals surface area contributed by atoms with E-state index in [4.69, 9.17) is 25.8 Å². The van der Waals surface area contributed by atoms with Crippen LogP contribution in [-0.4, -0.2) is 49.5 Å². The molecule has 3 aromatic rings. The van der Waals surface area contributed by atoms with E-state index in [0.717, 1.165) is 35.7 Å². The summed E-state index contributed by atoms with van der Waals surface area (Å²) < 4.78 is 5.47. The van der Waals surface area contributed by atoms with Gasteiger partial charge < -0.3 is 31.4 Å². The first-order valence-corrected chi connectivity index (χ1v) is 9.83. The Hall–Kier alpha value is -3.65. The first kappa shape index (κ1) is 19.7. The van der Waals surface area contributed by atoms with Gasteiger partial charge in [-0.15, -0.1) is 0 Å². The van der Waals surface area contributed by atoms with Crippen molar-refractivity contribution in [2.75, 3.05) is 54.6 Å². The second kappa shape index (κ2) is 8.79. The van der Waals surface area contributed by atoms with Crippen LogP contribution in [0.1, 0.15) is 5.56 Å². The molecule has 1 aliphatic heterocycles. The fraction of sp³-hybridized carbons (Fsp3) is 0.227. The van der Waals surface area contributed by atoms with E-state index in [0.29, 0.717) is 36.2 Å². The molecule has 1 aromatic heterocycles. The maximum atomic E-state index is 7.53. The molecule has 1 saturated heterocycles. The van der Waals surface area contributed by atoms with E-state index in [9.17, 15) is 0 Å². The number of nitrogens with two attached hydrogens (primary N) is 1. The minimum Gasteiger partial charge on any atom is -0.398 e. The molecule has 0 aliphatic carbocycles. The Balaban J connectivity index is 1.74. The topological polar surface area (TPSA) is 112 Å². The standard InChI is InChI=1S/C22H25N7O/c1-25-17-4-2-3-15(11-17)20-13-21(26-18-5-6-19(24)16(12-18)14-23)28-22(27-20)29-7-9-30-10-8-29/h2-6,11-14,23,25H,7-10,24H2,1H3,(H,26,27,28). The average molecular weight is 403 g/mol. The highest BCUT2D eigenvalue weighted by atomic mass is 16.5. The highest BCUT2D eigenvalue weighted by Gasteiger charge is 2.17. The molecule has 2 aromatic carbocycles. The van der Waals surface area contributed by atoms with Gasteiger partial charge in [0.05, 0.1) is 18.9 Å². The van der Waals surface area contributed by atoms with Crippen molar-refractivity contribution < 1.29 is 4.74 Å². The molecule has 30 heavy (non-hydrogen) atoms. The molecule has 0 atom stereocenters. The largest absolute Gasteiger partial charge is 0.398 e. The van der Waals surface area contributed by atoms with E-state index in [2.05, 4.69) is 21.6 Å². The lowest BCUT2D eigenvalue weighted by atomic mass is 10.1. The van der Waals surface area contributed by atoms with E-state index in [1.165, 1.54) is 6.21 Å². The summed E-state index contributed by atoms with van der Waals surface area (Å²) in [6.45, 7) is 2.82. The Labute approximate surface area is 175 Å². The molecular formula is C22H25N7O. The number of aromatic nitrogens is 2. The van der Waals surface area contributed by atoms with Gasteiger partial charge in [-0.25, -0.2) is 4.98 Å². The number of rotatable bonds is 6. The third-order valence-electron chi connectivity index (χ3n) is 4.97. The van der Waals surface area contributed by atoms with Gasteiger partial charge in [-0.1, -0.05) is 12.1 Å². The van der Waals surface area contributed by atoms with E-state index in [1.54, 1.807) is 6.07 Å². The summed E-state index contributed by atoms with van der Waals surface area (Å²) in [7, 11) is 1.90. The van der Waals surface area contributed by atoms with Crippen LogP contribution in [0.15, 0.2) is 48.5 Å². The van der Waals surface area contributed by atoms with Crippen molar-refractivity contribution >= 4 is 35.0 Å². The minimum atomic E-state index is 0.566. The van der Waals surface area contributed by atoms with Gasteiger partial charge in [0.15, 0.2) is 0 Å². The van der Waals surface area contributed by atoms with Gasteiger partial charge >= 0.3 is 0 Å². The summed E-state index contributed by atoms with van der Waals surface area (Å²) in [5.74, 6) is 1.34. The first-order chi connectivity index (χ1) is 14.7. The SMILES string of the molecule is CNc1cccc(-c2cc(Nc3ccc(N)c(C=N)c3)nc(N3CCOCC3)n2)c1. The zero-order valence-corrected chi connectivity index (χ0v) is 16.9. The molecule has 0 bridgehead atoms. The lowest BCUT2D eigenvalue weighted by Gasteiger charge is -2.27. The average Bonchev–Trinajstić information content (AvgIpc) is 2.80. The molecule has 1 fully saturated rings. The number of morpholine rings is 1. The van der Waals surface area contributed by atoms with Crippen molar-refractivity contribution in [1.29, 1.82) is 5.41 Å². The molecule has 0 unspecified atom stereocenters. The molecule has 2 heterocycles. The normalized spacial score (nSPS) is 13.7. The minimum absolute atomic E-state index is 0.566. The summed E-state index contributed by atoms with van der Waals surface area (Å²) in [4.78, 5) is 11.7. The number of nitrogen functional groups attached to an aromatic ring is 1. The summed E-state index contributed by atoms with van der Waals surface area (Å²) >= 11 is 0. The predicted molar refractivity (Wildman–Crippen MR) is 122 cm³/mol. The number of benzene rings is 2. The van der Waals surface area contributed by atoms with Crippen molar-refractivity contribution in [3.8, 4) is 11.3 Å². The van der Waals surface area contributed by atoms with Crippen LogP contribution in [0.2, 0.25) is 0 Å². The molecule has 4 rings (SSSR count). The van der Waals surface area contributed by atoms with Crippen molar-refractivity contribution in [2.24, 2.45) is 0 Å². The fourth-order valence-electron chi connectivity index (χ4n) is 3.31. The molecular weight excluding hydrogens is 378 g/mol. The van der Waals surface area contributed by atoms with Crippen LogP contribution < -0.4 is 21.3 Å². The highest BCUT2D eigenvalue weighted by Crippen LogP contribution is 2.27. The van der Waals surface area contributed by atoms with Crippen LogP contribution in [0.25, 0.3) is 11.3 Å². The maximum absolute atomic E-state index is 7.53. The lowest BCUT2D eigenvalue weighted by Crippen LogP contribution is -2.37. The molecule has 5 N–H and O–H groups in total. The predicted octanol–water partition coefficient (Wildman–Crippen LogP) is 3.35. The number of anilines is 5. The highest BCUT2D eigenvalue weighted by molar-refractivity contribution is 5.87. The number of ether oxygens (including phenoxy) is 1. The number of hydrogen-bond acceptors (Lipinski definition) is 8. The third kappa shape index (κ3) is 4.33. The zero-order chi connectivity index (χ0) is 20.9. The van der Waals surface area contributed by atoms with Crippen LogP contribution in [0.3, 0.4) is 0 Å². The number of nitrogens with zero attached hydrogens (tertiary/aromatic N) is 3. The van der Waals surface area contributed by atoms with Crippen molar-refractivity contribution in [3.63, 3.8) is 0 Å². The van der Waals surface area contributed by atoms with Gasteiger partial charge in [-0.05, 0) is 30.3 Å². The summed E-state index contributed by atoms with van der Waals surface area (Å²) in [5.41, 5.74) is 10.8. The molecule has 8 nitrogen and oxygen atoms in total. The maximum Gasteiger partial charge on any atom is 0.228 e. The van der Waals surface area contributed by atoms with E-state index in [-0.39, 0.29) is 0 Å². The van der Waals surface area contributed by atoms with Crippen molar-refractivity contribution in [3.05, 3.63) is 54.1 Å². The Morgan fingerprint density at radius 1 is 1.07 bits per heavy atom. The summed E-state index contributed by atoms with van der Waals surface area (Å²) in [5, 5.41) is 14.0. The Morgan fingerprint density at radius 2 is 1.90 bits per heavy atom. The van der Waals surface area contributed by atoms with Crippen LogP contribution in [0.5, 0.6) is 0 Å². The van der Waals surface area contributed by atoms with Crippen LogP contribution in [-0.2, 0) is 4.74 Å². The van der Waals surface area contributed by atoms with Crippen molar-refractivity contribution in [2.45, 2.75) is 0 Å². The smallest absolute Gasteiger partial charge is 0.228 e. The van der Waals surface area contributed by atoms with Crippen molar-refractivity contribution in [1.82, 2.24) is 9.97 Å². The second-order valence-corrected chi connectivity index (χ2v) is 6.98. The van der Waals surface area contributed by atoms with Gasteiger partial charge in [0.1, 0.15) is 5.82 Å². The summed E-state index contributed by atoms with van der Waals surface area (Å²) in [6.07, 6.45) is 1.24. The van der Waals surface area contributed by atoms with E-state index in [1.807, 2.05) is 43.4 Å². The molecule has 0 saturated carbocycles. The molecule has 8 heteroatoms. The summed E-state index contributed by atoms with van der Waals surface area (Å²) in [6, 6.07) is 15.5. The van der Waals surface area contributed by atoms with Gasteiger partial charge in [0, 0.05) is 60.6 Å². The molecule has 0 radical (unpaired) electrons. The second-order valence-electron chi connectivity index (χ2n) is 6.98. The zero-order valence-electron chi connectivity index (χ0n) is 16.9. The monoisotopic (exact) mass is 403 g/mol. The number of hydrogen-bond donors (Lipinski definition) is 4. The number of nitrogens with one attached hydrogen (secondary N) is 3. The van der Waals surface area contributed by atoms with E-state index < -0.39 is 0 Å². The first-order valence-electron chi connectivity index (χ1n) is 9.83. The van der Waals surface area contributed by atoms with E-state index >= 15 is 0 Å². The Bertz CT molecular complexity index is 1050. The van der Waals surface area contributed by atoms with Gasteiger partial charge in [0.2, 0.25) is 5.95 Å². The van der Waals surface area contributed by atoms with Crippen LogP contribution in [0.4, 0.5) is 28.8 Å². The van der Waals surface area contributed by atoms with Gasteiger partial charge in [-0.2, -0.15) is 4.98 Å². The molecule has 1 aliphatic rings. The van der Waals surface area contributed by atoms with Gasteiger partial charge in [0.25, 0.3) is 0 Å². The fourth-order valence-corrected chi connectivity index (χ4v) is 3.31. The molecule has 0 spiro atoms. The third-order valence-corrected chi connectivity index (χ3v) is 4.97. The van der Waals surface area contributed by atoms with Crippen LogP contribution in [0, 0.1) is 5.41 Å². The lowest BCUT2D eigenvalue weighted by molar-refractivity contribution is 0.122. The Kier molecular flexibility index (Phi) is 5.76. The van der Waals surface area contributed by atoms with Crippen LogP contribution >= 0.6 is 0 Å². The van der Waals surface area contributed by atoms with Gasteiger partial charge in [-0.3, -0.25) is 0 Å². The molecule has 0 amide bonds.